The molecule has 0 radical (unpaired) electrons. The van der Waals surface area contributed by atoms with E-state index in [-0.39, 0.29) is 17.3 Å². The number of alkyl halides is 3. The zero-order valence-electron chi connectivity index (χ0n) is 14.1. The van der Waals surface area contributed by atoms with Crippen molar-refractivity contribution in [2.24, 2.45) is 0 Å². The summed E-state index contributed by atoms with van der Waals surface area (Å²) in [5.41, 5.74) is -0.566. The molecule has 27 heavy (non-hydrogen) atoms. The summed E-state index contributed by atoms with van der Waals surface area (Å²) in [5.74, 6) is -0.808. The first-order valence-corrected chi connectivity index (χ1v) is 9.85. The monoisotopic (exact) mass is 420 g/mol. The van der Waals surface area contributed by atoms with Crippen molar-refractivity contribution >= 4 is 33.2 Å². The minimum Gasteiger partial charge on any atom is -0.324 e. The number of nitrogens with zero attached hydrogens (tertiary/aromatic N) is 1. The maximum absolute atomic E-state index is 12.8. The number of anilines is 1. The lowest BCUT2D eigenvalue weighted by atomic mass is 10.2. The first kappa shape index (κ1) is 21.2. The Balaban J connectivity index is 2.17. The van der Waals surface area contributed by atoms with Crippen LogP contribution in [0.3, 0.4) is 0 Å². The molecule has 0 aromatic heterocycles. The van der Waals surface area contributed by atoms with Crippen LogP contribution in [0.25, 0.3) is 0 Å². The lowest BCUT2D eigenvalue weighted by Gasteiger charge is -2.20. The fraction of sp³-hybridized carbons (Fsp3) is 0.235. The minimum absolute atomic E-state index is 0.0522. The molecule has 2 rings (SSSR count). The van der Waals surface area contributed by atoms with E-state index >= 15 is 0 Å². The van der Waals surface area contributed by atoms with Crippen LogP contribution in [0.2, 0.25) is 5.02 Å². The number of benzene rings is 2. The molecule has 0 saturated carbocycles. The van der Waals surface area contributed by atoms with E-state index in [1.165, 1.54) is 0 Å². The second-order valence-corrected chi connectivity index (χ2v) is 8.15. The average Bonchev–Trinajstić information content (AvgIpc) is 2.55. The molecule has 0 saturated heterocycles. The maximum atomic E-state index is 12.8. The SMILES string of the molecule is CS(=O)(=O)N(CC(=O)Nc1cc(C(F)(F)F)ccc1Cl)Cc1ccccc1. The summed E-state index contributed by atoms with van der Waals surface area (Å²) in [4.78, 5) is 12.2. The third kappa shape index (κ3) is 6.23. The van der Waals surface area contributed by atoms with Gasteiger partial charge < -0.3 is 5.32 Å². The molecule has 0 aliphatic heterocycles. The number of hydrogen-bond acceptors (Lipinski definition) is 3. The highest BCUT2D eigenvalue weighted by Gasteiger charge is 2.31. The molecular weight excluding hydrogens is 405 g/mol. The van der Waals surface area contributed by atoms with Gasteiger partial charge >= 0.3 is 6.18 Å². The highest BCUT2D eigenvalue weighted by molar-refractivity contribution is 7.88. The molecule has 5 nitrogen and oxygen atoms in total. The Morgan fingerprint density at radius 2 is 1.78 bits per heavy atom. The number of rotatable bonds is 6. The number of nitrogens with one attached hydrogen (secondary N) is 1. The van der Waals surface area contributed by atoms with Crippen molar-refractivity contribution in [3.63, 3.8) is 0 Å². The molecule has 0 spiro atoms. The summed E-state index contributed by atoms with van der Waals surface area (Å²) >= 11 is 5.83. The summed E-state index contributed by atoms with van der Waals surface area (Å²) in [7, 11) is -3.73. The Bertz CT molecular complexity index is 919. The van der Waals surface area contributed by atoms with Gasteiger partial charge in [0.25, 0.3) is 0 Å². The molecule has 2 aromatic carbocycles. The largest absolute Gasteiger partial charge is 0.416 e. The smallest absolute Gasteiger partial charge is 0.324 e. The number of amides is 1. The van der Waals surface area contributed by atoms with Crippen molar-refractivity contribution in [1.29, 1.82) is 0 Å². The summed E-state index contributed by atoms with van der Waals surface area (Å²) in [6, 6.07) is 11.1. The molecule has 0 aliphatic carbocycles. The molecule has 0 aliphatic rings. The molecule has 146 valence electrons. The summed E-state index contributed by atoms with van der Waals surface area (Å²) in [6.07, 6.45) is -3.66. The van der Waals surface area contributed by atoms with E-state index in [0.29, 0.717) is 11.6 Å². The van der Waals surface area contributed by atoms with E-state index < -0.39 is 34.2 Å². The normalized spacial score (nSPS) is 12.2. The molecule has 0 heterocycles. The van der Waals surface area contributed by atoms with Crippen LogP contribution in [-0.2, 0) is 27.5 Å². The van der Waals surface area contributed by atoms with Gasteiger partial charge in [-0.25, -0.2) is 8.42 Å². The van der Waals surface area contributed by atoms with Gasteiger partial charge in [-0.3, -0.25) is 4.79 Å². The molecule has 2 aromatic rings. The first-order valence-electron chi connectivity index (χ1n) is 7.62. The van der Waals surface area contributed by atoms with Gasteiger partial charge in [0.2, 0.25) is 15.9 Å². The van der Waals surface area contributed by atoms with Gasteiger partial charge in [0.15, 0.2) is 0 Å². The van der Waals surface area contributed by atoms with E-state index in [0.717, 1.165) is 22.7 Å². The van der Waals surface area contributed by atoms with Crippen molar-refractivity contribution in [3.05, 3.63) is 64.7 Å². The Morgan fingerprint density at radius 3 is 2.33 bits per heavy atom. The lowest BCUT2D eigenvalue weighted by Crippen LogP contribution is -2.37. The number of hydrogen-bond donors (Lipinski definition) is 1. The third-order valence-electron chi connectivity index (χ3n) is 3.56. The van der Waals surface area contributed by atoms with Crippen molar-refractivity contribution in [1.82, 2.24) is 4.31 Å². The summed E-state index contributed by atoms with van der Waals surface area (Å²) < 4.78 is 63.2. The third-order valence-corrected chi connectivity index (χ3v) is 5.08. The number of halogens is 4. The van der Waals surface area contributed by atoms with Gasteiger partial charge in [-0.05, 0) is 23.8 Å². The number of sulfonamides is 1. The van der Waals surface area contributed by atoms with Gasteiger partial charge in [-0.15, -0.1) is 0 Å². The van der Waals surface area contributed by atoms with E-state index in [2.05, 4.69) is 5.32 Å². The first-order chi connectivity index (χ1) is 12.5. The molecule has 1 amide bonds. The van der Waals surface area contributed by atoms with Crippen LogP contribution < -0.4 is 5.32 Å². The van der Waals surface area contributed by atoms with Crippen LogP contribution in [-0.4, -0.2) is 31.4 Å². The van der Waals surface area contributed by atoms with Gasteiger partial charge in [0, 0.05) is 6.54 Å². The second-order valence-electron chi connectivity index (χ2n) is 5.76. The molecule has 0 fully saturated rings. The second kappa shape index (κ2) is 8.28. The van der Waals surface area contributed by atoms with Crippen LogP contribution in [0, 0.1) is 0 Å². The van der Waals surface area contributed by atoms with Crippen molar-refractivity contribution in [2.75, 3.05) is 18.1 Å². The predicted molar refractivity (Wildman–Crippen MR) is 96.8 cm³/mol. The molecule has 0 unspecified atom stereocenters. The summed E-state index contributed by atoms with van der Waals surface area (Å²) in [6.45, 7) is -0.621. The minimum atomic E-state index is -4.60. The van der Waals surface area contributed by atoms with E-state index in [9.17, 15) is 26.4 Å². The Kier molecular flexibility index (Phi) is 6.50. The molecule has 10 heteroatoms. The molecular formula is C17H16ClF3N2O3S. The highest BCUT2D eigenvalue weighted by Crippen LogP contribution is 2.33. The Hall–Kier alpha value is -2.10. The van der Waals surface area contributed by atoms with E-state index in [4.69, 9.17) is 11.6 Å². The fourth-order valence-electron chi connectivity index (χ4n) is 2.22. The standard InChI is InChI=1S/C17H16ClF3N2O3S/c1-27(25,26)23(10-12-5-3-2-4-6-12)11-16(24)22-15-9-13(17(19,20)21)7-8-14(15)18/h2-9H,10-11H2,1H3,(H,22,24). The topological polar surface area (TPSA) is 66.5 Å². The van der Waals surface area contributed by atoms with Crippen LogP contribution in [0.4, 0.5) is 18.9 Å². The maximum Gasteiger partial charge on any atom is 0.416 e. The van der Waals surface area contributed by atoms with Crippen molar-refractivity contribution in [2.45, 2.75) is 12.7 Å². The number of carbonyl (C=O) groups excluding carboxylic acids is 1. The average molecular weight is 421 g/mol. The molecule has 1 N–H and O–H groups in total. The van der Waals surface area contributed by atoms with Gasteiger partial charge in [0.05, 0.1) is 29.1 Å². The lowest BCUT2D eigenvalue weighted by molar-refractivity contribution is -0.137. The van der Waals surface area contributed by atoms with Crippen LogP contribution in [0.15, 0.2) is 48.5 Å². The van der Waals surface area contributed by atoms with E-state index in [1.807, 2.05) is 0 Å². The van der Waals surface area contributed by atoms with Gasteiger partial charge in [-0.1, -0.05) is 41.9 Å². The van der Waals surface area contributed by atoms with E-state index in [1.54, 1.807) is 30.3 Å². The van der Waals surface area contributed by atoms with Crippen LogP contribution >= 0.6 is 11.6 Å². The highest BCUT2D eigenvalue weighted by atomic mass is 35.5. The predicted octanol–water partition coefficient (Wildman–Crippen LogP) is 3.76. The van der Waals surface area contributed by atoms with Crippen LogP contribution in [0.5, 0.6) is 0 Å². The van der Waals surface area contributed by atoms with Crippen molar-refractivity contribution < 1.29 is 26.4 Å². The Labute approximate surface area is 159 Å². The van der Waals surface area contributed by atoms with Crippen LogP contribution in [0.1, 0.15) is 11.1 Å². The zero-order chi connectivity index (χ0) is 20.2. The van der Waals surface area contributed by atoms with Gasteiger partial charge in [0.1, 0.15) is 0 Å². The zero-order valence-corrected chi connectivity index (χ0v) is 15.7. The number of carbonyl (C=O) groups is 1. The Morgan fingerprint density at radius 1 is 1.15 bits per heavy atom. The molecule has 0 atom stereocenters. The quantitative estimate of drug-likeness (QED) is 0.773. The summed E-state index contributed by atoms with van der Waals surface area (Å²) in [5, 5.41) is 2.14. The van der Waals surface area contributed by atoms with Crippen molar-refractivity contribution in [3.8, 4) is 0 Å². The fourth-order valence-corrected chi connectivity index (χ4v) is 3.12. The molecule has 0 bridgehead atoms. The van der Waals surface area contributed by atoms with Gasteiger partial charge in [-0.2, -0.15) is 17.5 Å².